The molecule has 0 aromatic carbocycles. The molecule has 0 bridgehead atoms. The first-order valence-corrected chi connectivity index (χ1v) is 7.59. The molecule has 1 N–H and O–H groups in total. The summed E-state index contributed by atoms with van der Waals surface area (Å²) in [5.41, 5.74) is 0. The number of carbonyl (C=O) groups is 1. The van der Waals surface area contributed by atoms with Crippen LogP contribution in [-0.4, -0.2) is 79.6 Å². The largest absolute Gasteiger partial charge is 0.394 e. The SMILES string of the molecule is CN1CCN(C2CCS(=O)(=O)C2)C(CO)C1=O. The zero-order valence-corrected chi connectivity index (χ0v) is 10.7. The van der Waals surface area contributed by atoms with Gasteiger partial charge in [-0.05, 0) is 6.42 Å². The summed E-state index contributed by atoms with van der Waals surface area (Å²) in [5.74, 6) is 0.180. The van der Waals surface area contributed by atoms with Gasteiger partial charge in [-0.2, -0.15) is 0 Å². The highest BCUT2D eigenvalue weighted by Gasteiger charge is 2.40. The van der Waals surface area contributed by atoms with Crippen molar-refractivity contribution < 1.29 is 18.3 Å². The molecular formula is C10H18N2O4S. The fourth-order valence-electron chi connectivity index (χ4n) is 2.58. The third-order valence-electron chi connectivity index (χ3n) is 3.61. The van der Waals surface area contributed by atoms with Crippen LogP contribution in [-0.2, 0) is 14.6 Å². The first-order chi connectivity index (χ1) is 7.94. The van der Waals surface area contributed by atoms with E-state index in [9.17, 15) is 18.3 Å². The fourth-order valence-corrected chi connectivity index (χ4v) is 4.33. The van der Waals surface area contributed by atoms with Crippen LogP contribution in [0.25, 0.3) is 0 Å². The first kappa shape index (κ1) is 12.8. The van der Waals surface area contributed by atoms with E-state index in [4.69, 9.17) is 0 Å². The molecule has 6 nitrogen and oxygen atoms in total. The molecule has 2 fully saturated rings. The van der Waals surface area contributed by atoms with Gasteiger partial charge in [0.05, 0.1) is 18.1 Å². The predicted molar refractivity (Wildman–Crippen MR) is 62.3 cm³/mol. The van der Waals surface area contributed by atoms with Gasteiger partial charge in [-0.25, -0.2) is 8.42 Å². The van der Waals surface area contributed by atoms with E-state index in [-0.39, 0.29) is 30.1 Å². The normalized spacial score (nSPS) is 34.2. The van der Waals surface area contributed by atoms with Crippen LogP contribution in [0.15, 0.2) is 0 Å². The number of hydrogen-bond acceptors (Lipinski definition) is 5. The van der Waals surface area contributed by atoms with Gasteiger partial charge in [0.2, 0.25) is 5.91 Å². The Hall–Kier alpha value is -0.660. The third kappa shape index (κ3) is 2.46. The van der Waals surface area contributed by atoms with Gasteiger partial charge in [-0.1, -0.05) is 0 Å². The summed E-state index contributed by atoms with van der Waals surface area (Å²) in [6.07, 6.45) is 0.565. The molecule has 0 saturated carbocycles. The number of nitrogens with zero attached hydrogens (tertiary/aromatic N) is 2. The van der Waals surface area contributed by atoms with E-state index in [1.165, 1.54) is 0 Å². The molecule has 7 heteroatoms. The van der Waals surface area contributed by atoms with E-state index in [1.54, 1.807) is 11.9 Å². The second kappa shape index (κ2) is 4.55. The average Bonchev–Trinajstić information content (AvgIpc) is 2.62. The van der Waals surface area contributed by atoms with Gasteiger partial charge >= 0.3 is 0 Å². The van der Waals surface area contributed by atoms with Gasteiger partial charge in [-0.15, -0.1) is 0 Å². The number of hydrogen-bond donors (Lipinski definition) is 1. The number of amides is 1. The summed E-state index contributed by atoms with van der Waals surface area (Å²) >= 11 is 0. The van der Waals surface area contributed by atoms with E-state index in [0.717, 1.165) is 0 Å². The number of likely N-dealkylation sites (N-methyl/N-ethyl adjacent to an activating group) is 1. The number of sulfone groups is 1. The Morgan fingerprint density at radius 3 is 2.65 bits per heavy atom. The van der Waals surface area contributed by atoms with E-state index in [1.807, 2.05) is 4.90 Å². The molecule has 2 aliphatic rings. The lowest BCUT2D eigenvalue weighted by molar-refractivity contribution is -0.143. The maximum Gasteiger partial charge on any atom is 0.242 e. The summed E-state index contributed by atoms with van der Waals surface area (Å²) in [5, 5.41) is 9.30. The number of piperazine rings is 1. The zero-order valence-electron chi connectivity index (χ0n) is 9.87. The molecule has 2 heterocycles. The Bertz CT molecular complexity index is 409. The second-order valence-electron chi connectivity index (χ2n) is 4.75. The van der Waals surface area contributed by atoms with Gasteiger partial charge in [0, 0.05) is 26.2 Å². The molecule has 1 amide bonds. The van der Waals surface area contributed by atoms with Crippen LogP contribution in [0.5, 0.6) is 0 Å². The van der Waals surface area contributed by atoms with Crippen molar-refractivity contribution in [2.24, 2.45) is 0 Å². The summed E-state index contributed by atoms with van der Waals surface area (Å²) < 4.78 is 22.9. The van der Waals surface area contributed by atoms with Crippen LogP contribution in [0.4, 0.5) is 0 Å². The maximum absolute atomic E-state index is 11.9. The summed E-state index contributed by atoms with van der Waals surface area (Å²) in [6, 6.07) is -0.693. The van der Waals surface area contributed by atoms with Crippen LogP contribution >= 0.6 is 0 Å². The predicted octanol–water partition coefficient (Wildman–Crippen LogP) is -1.69. The summed E-state index contributed by atoms with van der Waals surface area (Å²) in [7, 11) is -1.25. The first-order valence-electron chi connectivity index (χ1n) is 5.76. The molecule has 2 aliphatic heterocycles. The van der Waals surface area contributed by atoms with Gasteiger partial charge in [-0.3, -0.25) is 9.69 Å². The van der Waals surface area contributed by atoms with Crippen molar-refractivity contribution >= 4 is 15.7 Å². The van der Waals surface area contributed by atoms with E-state index in [2.05, 4.69) is 0 Å². The Morgan fingerprint density at radius 2 is 2.12 bits per heavy atom. The van der Waals surface area contributed by atoms with Crippen molar-refractivity contribution in [1.82, 2.24) is 9.80 Å². The van der Waals surface area contributed by atoms with Crippen molar-refractivity contribution in [2.45, 2.75) is 18.5 Å². The molecule has 17 heavy (non-hydrogen) atoms. The lowest BCUT2D eigenvalue weighted by Crippen LogP contribution is -2.60. The molecule has 0 aliphatic carbocycles. The molecular weight excluding hydrogens is 244 g/mol. The van der Waals surface area contributed by atoms with Gasteiger partial charge in [0.25, 0.3) is 0 Å². The lowest BCUT2D eigenvalue weighted by atomic mass is 10.1. The van der Waals surface area contributed by atoms with E-state index >= 15 is 0 Å². The number of rotatable bonds is 2. The Kier molecular flexibility index (Phi) is 3.42. The van der Waals surface area contributed by atoms with Crippen molar-refractivity contribution in [3.63, 3.8) is 0 Å². The van der Waals surface area contributed by atoms with Crippen LogP contribution in [0.3, 0.4) is 0 Å². The lowest BCUT2D eigenvalue weighted by Gasteiger charge is -2.41. The van der Waals surface area contributed by atoms with Crippen LogP contribution in [0, 0.1) is 0 Å². The molecule has 2 unspecified atom stereocenters. The number of aliphatic hydroxyl groups excluding tert-OH is 1. The number of carbonyl (C=O) groups excluding carboxylic acids is 1. The molecule has 0 aromatic rings. The Morgan fingerprint density at radius 1 is 1.41 bits per heavy atom. The summed E-state index contributed by atoms with van der Waals surface area (Å²) in [6.45, 7) is 0.971. The van der Waals surface area contributed by atoms with Crippen LogP contribution in [0.1, 0.15) is 6.42 Å². The highest BCUT2D eigenvalue weighted by molar-refractivity contribution is 7.91. The molecule has 0 radical (unpaired) electrons. The Labute approximate surface area is 101 Å². The average molecular weight is 262 g/mol. The minimum atomic E-state index is -2.96. The molecule has 2 atom stereocenters. The standard InChI is InChI=1S/C10H18N2O4S/c1-11-3-4-12(9(6-13)10(11)14)8-2-5-17(15,16)7-8/h8-9,13H,2-7H2,1H3. The van der Waals surface area contributed by atoms with E-state index < -0.39 is 15.9 Å². The van der Waals surface area contributed by atoms with E-state index in [0.29, 0.717) is 19.5 Å². The maximum atomic E-state index is 11.9. The van der Waals surface area contributed by atoms with Crippen LogP contribution in [0.2, 0.25) is 0 Å². The fraction of sp³-hybridized carbons (Fsp3) is 0.900. The molecule has 0 spiro atoms. The smallest absolute Gasteiger partial charge is 0.242 e. The van der Waals surface area contributed by atoms with Crippen molar-refractivity contribution in [2.75, 3.05) is 38.2 Å². The van der Waals surface area contributed by atoms with Gasteiger partial charge in [0.15, 0.2) is 9.84 Å². The van der Waals surface area contributed by atoms with Crippen LogP contribution < -0.4 is 0 Å². The van der Waals surface area contributed by atoms with Crippen molar-refractivity contribution in [3.8, 4) is 0 Å². The number of aliphatic hydroxyl groups is 1. The molecule has 98 valence electrons. The van der Waals surface area contributed by atoms with Gasteiger partial charge in [0.1, 0.15) is 6.04 Å². The molecule has 0 aromatic heterocycles. The topological polar surface area (TPSA) is 77.9 Å². The summed E-state index contributed by atoms with van der Waals surface area (Å²) in [4.78, 5) is 15.3. The highest BCUT2D eigenvalue weighted by atomic mass is 32.2. The third-order valence-corrected chi connectivity index (χ3v) is 5.36. The molecule has 2 rings (SSSR count). The monoisotopic (exact) mass is 262 g/mol. The highest BCUT2D eigenvalue weighted by Crippen LogP contribution is 2.22. The van der Waals surface area contributed by atoms with Gasteiger partial charge < -0.3 is 10.0 Å². The zero-order chi connectivity index (χ0) is 12.6. The van der Waals surface area contributed by atoms with Crippen molar-refractivity contribution in [1.29, 1.82) is 0 Å². The Balaban J connectivity index is 2.13. The minimum Gasteiger partial charge on any atom is -0.394 e. The second-order valence-corrected chi connectivity index (χ2v) is 6.98. The molecule has 2 saturated heterocycles. The van der Waals surface area contributed by atoms with Crippen molar-refractivity contribution in [3.05, 3.63) is 0 Å². The quantitative estimate of drug-likeness (QED) is 0.642. The minimum absolute atomic E-state index is 0.112.